The van der Waals surface area contributed by atoms with Crippen LogP contribution in [0.1, 0.15) is 12.8 Å². The highest BCUT2D eigenvalue weighted by Crippen LogP contribution is 2.12. The number of sulfonamides is 1. The van der Waals surface area contributed by atoms with E-state index >= 15 is 0 Å². The minimum atomic E-state index is -3.04. The van der Waals surface area contributed by atoms with E-state index in [1.54, 1.807) is 7.05 Å². The summed E-state index contributed by atoms with van der Waals surface area (Å²) in [6.07, 6.45) is 2.77. The Morgan fingerprint density at radius 3 is 2.40 bits per heavy atom. The first-order chi connectivity index (χ1) is 6.93. The lowest BCUT2D eigenvalue weighted by Gasteiger charge is -2.30. The average molecular weight is 234 g/mol. The summed E-state index contributed by atoms with van der Waals surface area (Å²) in [5, 5.41) is 3.05. The molecule has 88 valence electrons. The van der Waals surface area contributed by atoms with Crippen LogP contribution >= 0.6 is 0 Å². The van der Waals surface area contributed by atoms with Gasteiger partial charge in [0.25, 0.3) is 0 Å². The maximum Gasteiger partial charge on any atom is 0.211 e. The van der Waals surface area contributed by atoms with Crippen LogP contribution in [0, 0.1) is 0 Å². The van der Waals surface area contributed by atoms with Gasteiger partial charge in [-0.1, -0.05) is 0 Å². The Bertz CT molecular complexity index is 331. The fourth-order valence-electron chi connectivity index (χ4n) is 1.61. The molecule has 0 unspecified atom stereocenters. The van der Waals surface area contributed by atoms with Crippen LogP contribution in [0.25, 0.3) is 0 Å². The van der Waals surface area contributed by atoms with Gasteiger partial charge in [-0.25, -0.2) is 12.7 Å². The molecule has 1 saturated heterocycles. The van der Waals surface area contributed by atoms with E-state index in [9.17, 15) is 8.42 Å². The SMILES string of the molecule is CN=C(N)NC1CCN(S(C)(=O)=O)CC1. The van der Waals surface area contributed by atoms with Gasteiger partial charge in [-0.2, -0.15) is 0 Å². The molecule has 0 amide bonds. The van der Waals surface area contributed by atoms with E-state index in [1.165, 1.54) is 10.6 Å². The van der Waals surface area contributed by atoms with Gasteiger partial charge < -0.3 is 11.1 Å². The van der Waals surface area contributed by atoms with Crippen LogP contribution in [0.2, 0.25) is 0 Å². The van der Waals surface area contributed by atoms with Gasteiger partial charge in [0.2, 0.25) is 10.0 Å². The molecule has 1 heterocycles. The van der Waals surface area contributed by atoms with Crippen molar-refractivity contribution in [1.29, 1.82) is 0 Å². The first kappa shape index (κ1) is 12.3. The van der Waals surface area contributed by atoms with Crippen LogP contribution in [0.4, 0.5) is 0 Å². The van der Waals surface area contributed by atoms with Gasteiger partial charge in [-0.3, -0.25) is 4.99 Å². The number of aliphatic imine (C=N–C) groups is 1. The quantitative estimate of drug-likeness (QED) is 0.471. The first-order valence-corrected chi connectivity index (χ1v) is 6.72. The summed E-state index contributed by atoms with van der Waals surface area (Å²) >= 11 is 0. The van der Waals surface area contributed by atoms with Crippen molar-refractivity contribution in [2.24, 2.45) is 10.7 Å². The fraction of sp³-hybridized carbons (Fsp3) is 0.875. The lowest BCUT2D eigenvalue weighted by Crippen LogP contribution is -2.48. The molecule has 0 aromatic heterocycles. The molecule has 7 heteroatoms. The number of hydrogen-bond acceptors (Lipinski definition) is 3. The fourth-order valence-corrected chi connectivity index (χ4v) is 2.48. The Labute approximate surface area is 90.6 Å². The highest BCUT2D eigenvalue weighted by molar-refractivity contribution is 7.88. The smallest absolute Gasteiger partial charge is 0.211 e. The molecule has 1 aliphatic rings. The van der Waals surface area contributed by atoms with Gasteiger partial charge in [0.1, 0.15) is 0 Å². The Balaban J connectivity index is 2.43. The summed E-state index contributed by atoms with van der Waals surface area (Å²) in [6, 6.07) is 0.228. The number of nitrogens with two attached hydrogens (primary N) is 1. The number of guanidine groups is 1. The molecular formula is C8H18N4O2S. The lowest BCUT2D eigenvalue weighted by atomic mass is 10.1. The van der Waals surface area contributed by atoms with Crippen molar-refractivity contribution in [1.82, 2.24) is 9.62 Å². The molecule has 0 aliphatic carbocycles. The molecule has 0 saturated carbocycles. The molecule has 1 fully saturated rings. The van der Waals surface area contributed by atoms with Crippen molar-refractivity contribution in [2.75, 3.05) is 26.4 Å². The number of hydrogen-bond donors (Lipinski definition) is 2. The summed E-state index contributed by atoms with van der Waals surface area (Å²) in [4.78, 5) is 3.80. The van der Waals surface area contributed by atoms with Crippen LogP contribution in [-0.4, -0.2) is 51.1 Å². The molecular weight excluding hydrogens is 216 g/mol. The van der Waals surface area contributed by atoms with E-state index in [0.717, 1.165) is 12.8 Å². The largest absolute Gasteiger partial charge is 0.370 e. The highest BCUT2D eigenvalue weighted by atomic mass is 32.2. The van der Waals surface area contributed by atoms with Gasteiger partial charge in [0.05, 0.1) is 6.26 Å². The maximum atomic E-state index is 11.2. The maximum absolute atomic E-state index is 11.2. The van der Waals surface area contributed by atoms with Crippen molar-refractivity contribution in [3.63, 3.8) is 0 Å². The molecule has 0 aromatic carbocycles. The zero-order valence-corrected chi connectivity index (χ0v) is 9.92. The zero-order valence-electron chi connectivity index (χ0n) is 9.10. The van der Waals surface area contributed by atoms with Crippen molar-refractivity contribution in [2.45, 2.75) is 18.9 Å². The Kier molecular flexibility index (Phi) is 3.92. The van der Waals surface area contributed by atoms with E-state index < -0.39 is 10.0 Å². The van der Waals surface area contributed by atoms with E-state index in [2.05, 4.69) is 10.3 Å². The summed E-state index contributed by atoms with van der Waals surface area (Å²) in [5.41, 5.74) is 5.53. The average Bonchev–Trinajstić information content (AvgIpc) is 2.17. The van der Waals surface area contributed by atoms with Crippen molar-refractivity contribution in [3.05, 3.63) is 0 Å². The van der Waals surface area contributed by atoms with Crippen LogP contribution in [0.5, 0.6) is 0 Å². The second-order valence-corrected chi connectivity index (χ2v) is 5.67. The molecule has 15 heavy (non-hydrogen) atoms. The van der Waals surface area contributed by atoms with Crippen LogP contribution < -0.4 is 11.1 Å². The van der Waals surface area contributed by atoms with Crippen LogP contribution in [0.3, 0.4) is 0 Å². The Morgan fingerprint density at radius 2 is 2.00 bits per heavy atom. The second kappa shape index (κ2) is 4.80. The number of piperidine rings is 1. The summed E-state index contributed by atoms with van der Waals surface area (Å²) in [6.45, 7) is 1.10. The number of nitrogens with zero attached hydrogens (tertiary/aromatic N) is 2. The lowest BCUT2D eigenvalue weighted by molar-refractivity contribution is 0.308. The highest BCUT2D eigenvalue weighted by Gasteiger charge is 2.24. The number of nitrogens with one attached hydrogen (secondary N) is 1. The summed E-state index contributed by atoms with van der Waals surface area (Å²) in [7, 11) is -1.42. The molecule has 1 aliphatic heterocycles. The van der Waals surface area contributed by atoms with Gasteiger partial charge in [-0.05, 0) is 12.8 Å². The van der Waals surface area contributed by atoms with Crippen molar-refractivity contribution in [3.8, 4) is 0 Å². The predicted molar refractivity (Wildman–Crippen MR) is 60.1 cm³/mol. The van der Waals surface area contributed by atoms with Crippen molar-refractivity contribution >= 4 is 16.0 Å². The Morgan fingerprint density at radius 1 is 1.47 bits per heavy atom. The molecule has 6 nitrogen and oxygen atoms in total. The molecule has 0 radical (unpaired) electrons. The predicted octanol–water partition coefficient (Wildman–Crippen LogP) is -1.06. The first-order valence-electron chi connectivity index (χ1n) is 4.87. The van der Waals surface area contributed by atoms with E-state index in [4.69, 9.17) is 5.73 Å². The molecule has 3 N–H and O–H groups in total. The molecule has 0 atom stereocenters. The van der Waals surface area contributed by atoms with E-state index in [-0.39, 0.29) is 6.04 Å². The zero-order chi connectivity index (χ0) is 11.5. The minimum Gasteiger partial charge on any atom is -0.370 e. The molecule has 0 aromatic rings. The van der Waals surface area contributed by atoms with Crippen LogP contribution in [-0.2, 0) is 10.0 Å². The van der Waals surface area contributed by atoms with E-state index in [0.29, 0.717) is 19.0 Å². The standard InChI is InChI=1S/C8H18N4O2S/c1-10-8(9)11-7-3-5-12(6-4-7)15(2,13)14/h7H,3-6H2,1-2H3,(H3,9,10,11). The van der Waals surface area contributed by atoms with Crippen molar-refractivity contribution < 1.29 is 8.42 Å². The monoisotopic (exact) mass is 234 g/mol. The second-order valence-electron chi connectivity index (χ2n) is 3.69. The topological polar surface area (TPSA) is 87.8 Å². The molecule has 0 spiro atoms. The number of rotatable bonds is 2. The summed E-state index contributed by atoms with van der Waals surface area (Å²) in [5.74, 6) is 0.410. The van der Waals surface area contributed by atoms with Gasteiger partial charge in [0, 0.05) is 26.2 Å². The molecule has 0 bridgehead atoms. The van der Waals surface area contributed by atoms with Crippen LogP contribution in [0.15, 0.2) is 4.99 Å². The van der Waals surface area contributed by atoms with Gasteiger partial charge in [-0.15, -0.1) is 0 Å². The third-order valence-electron chi connectivity index (χ3n) is 2.52. The minimum absolute atomic E-state index is 0.228. The van der Waals surface area contributed by atoms with Gasteiger partial charge in [0.15, 0.2) is 5.96 Å². The molecule has 1 rings (SSSR count). The normalized spacial score (nSPS) is 21.6. The third kappa shape index (κ3) is 3.67. The summed E-state index contributed by atoms with van der Waals surface area (Å²) < 4.78 is 23.9. The third-order valence-corrected chi connectivity index (χ3v) is 3.82. The Hall–Kier alpha value is -0.820. The van der Waals surface area contributed by atoms with Gasteiger partial charge >= 0.3 is 0 Å². The van der Waals surface area contributed by atoms with E-state index in [1.807, 2.05) is 0 Å².